The van der Waals surface area contributed by atoms with Gasteiger partial charge >= 0.3 is 0 Å². The molecular formula is C21H15N7O3. The molecule has 0 saturated carbocycles. The van der Waals surface area contributed by atoms with Crippen LogP contribution in [0.2, 0.25) is 0 Å². The number of furan rings is 1. The van der Waals surface area contributed by atoms with Crippen molar-refractivity contribution < 1.29 is 9.34 Å². The summed E-state index contributed by atoms with van der Waals surface area (Å²) in [7, 11) is 0. The maximum absolute atomic E-state index is 10.9. The highest BCUT2D eigenvalue weighted by atomic mass is 16.6. The molecule has 0 saturated heterocycles. The van der Waals surface area contributed by atoms with Crippen molar-refractivity contribution >= 4 is 39.9 Å². The minimum absolute atomic E-state index is 0.00186. The van der Waals surface area contributed by atoms with E-state index in [1.54, 1.807) is 24.3 Å². The van der Waals surface area contributed by atoms with Crippen molar-refractivity contribution in [2.45, 2.75) is 6.92 Å². The van der Waals surface area contributed by atoms with Crippen molar-refractivity contribution in [2.75, 3.05) is 5.43 Å². The fourth-order valence-corrected chi connectivity index (χ4v) is 3.30. The number of fused-ring (bicyclic) bond motifs is 3. The van der Waals surface area contributed by atoms with E-state index in [2.05, 4.69) is 30.7 Å². The Kier molecular flexibility index (Phi) is 4.36. The molecule has 0 amide bonds. The van der Waals surface area contributed by atoms with Crippen LogP contribution in [0.5, 0.6) is 0 Å². The molecular weight excluding hydrogens is 398 g/mol. The molecule has 152 valence electrons. The third-order valence-corrected chi connectivity index (χ3v) is 4.78. The van der Waals surface area contributed by atoms with Crippen LogP contribution >= 0.6 is 0 Å². The van der Waals surface area contributed by atoms with Gasteiger partial charge in [-0.1, -0.05) is 30.3 Å². The molecule has 0 radical (unpaired) electrons. The lowest BCUT2D eigenvalue weighted by atomic mass is 10.1. The van der Waals surface area contributed by atoms with Crippen LogP contribution in [-0.4, -0.2) is 31.3 Å². The van der Waals surface area contributed by atoms with Gasteiger partial charge in [0.25, 0.3) is 11.6 Å². The summed E-state index contributed by atoms with van der Waals surface area (Å²) in [4.78, 5) is 18.2. The maximum atomic E-state index is 10.9. The Hall–Kier alpha value is -4.60. The van der Waals surface area contributed by atoms with E-state index in [0.29, 0.717) is 28.2 Å². The molecule has 10 nitrogen and oxygen atoms in total. The number of aromatic amines is 1. The molecule has 0 bridgehead atoms. The zero-order valence-electron chi connectivity index (χ0n) is 16.2. The van der Waals surface area contributed by atoms with Gasteiger partial charge in [-0.2, -0.15) is 10.1 Å². The molecule has 0 aliphatic heterocycles. The molecule has 0 atom stereocenters. The Morgan fingerprint density at radius 1 is 1.16 bits per heavy atom. The van der Waals surface area contributed by atoms with Crippen molar-refractivity contribution in [3.05, 3.63) is 76.0 Å². The number of anilines is 1. The van der Waals surface area contributed by atoms with Crippen molar-refractivity contribution in [1.29, 1.82) is 0 Å². The largest absolute Gasteiger partial charge is 0.455 e. The second-order valence-electron chi connectivity index (χ2n) is 6.83. The van der Waals surface area contributed by atoms with Crippen LogP contribution < -0.4 is 5.43 Å². The number of hydrogen-bond donors (Lipinski definition) is 2. The average Bonchev–Trinajstić information content (AvgIpc) is 3.39. The first kappa shape index (κ1) is 18.4. The van der Waals surface area contributed by atoms with E-state index in [9.17, 15) is 10.1 Å². The number of rotatable bonds is 5. The topological polar surface area (TPSA) is 135 Å². The van der Waals surface area contributed by atoms with Crippen molar-refractivity contribution in [3.8, 4) is 11.3 Å². The van der Waals surface area contributed by atoms with Crippen molar-refractivity contribution in [1.82, 2.24) is 20.2 Å². The van der Waals surface area contributed by atoms with Crippen LogP contribution in [-0.2, 0) is 0 Å². The molecule has 2 N–H and O–H groups in total. The number of aromatic nitrogens is 4. The summed E-state index contributed by atoms with van der Waals surface area (Å²) in [6.45, 7) is 2.01. The van der Waals surface area contributed by atoms with Gasteiger partial charge in [0.2, 0.25) is 0 Å². The smallest absolute Gasteiger partial charge is 0.270 e. The maximum Gasteiger partial charge on any atom is 0.270 e. The van der Waals surface area contributed by atoms with Gasteiger partial charge in [0.1, 0.15) is 17.0 Å². The zero-order chi connectivity index (χ0) is 21.4. The summed E-state index contributed by atoms with van der Waals surface area (Å²) in [5.74, 6) is 1.20. The number of nitro benzene ring substituents is 1. The number of hydrogen-bond acceptors (Lipinski definition) is 8. The van der Waals surface area contributed by atoms with E-state index in [1.807, 2.05) is 25.1 Å². The van der Waals surface area contributed by atoms with E-state index < -0.39 is 4.92 Å². The predicted molar refractivity (Wildman–Crippen MR) is 116 cm³/mol. The van der Waals surface area contributed by atoms with E-state index in [1.165, 1.54) is 18.3 Å². The summed E-state index contributed by atoms with van der Waals surface area (Å²) >= 11 is 0. The third kappa shape index (κ3) is 3.46. The van der Waals surface area contributed by atoms with Gasteiger partial charge < -0.3 is 9.40 Å². The van der Waals surface area contributed by atoms with Crippen LogP contribution in [0.1, 0.15) is 11.3 Å². The van der Waals surface area contributed by atoms with Crippen molar-refractivity contribution in [2.24, 2.45) is 5.10 Å². The molecule has 5 aromatic rings. The molecule has 5 rings (SSSR count). The van der Waals surface area contributed by atoms with E-state index in [0.717, 1.165) is 16.5 Å². The average molecular weight is 413 g/mol. The SMILES string of the molecule is Cc1cccc2c1[nH]c1nc(NN=Cc3ccc(-c4cccc([N+](=O)[O-])c4)o3)nnc12. The third-order valence-electron chi connectivity index (χ3n) is 4.78. The molecule has 0 aliphatic carbocycles. The second kappa shape index (κ2) is 7.34. The molecule has 3 aromatic heterocycles. The number of nitro groups is 1. The number of benzene rings is 2. The number of hydrazone groups is 1. The summed E-state index contributed by atoms with van der Waals surface area (Å²) in [5.41, 5.74) is 6.72. The fourth-order valence-electron chi connectivity index (χ4n) is 3.30. The van der Waals surface area contributed by atoms with E-state index in [4.69, 9.17) is 4.42 Å². The molecule has 0 aliphatic rings. The lowest BCUT2D eigenvalue weighted by Crippen LogP contribution is -1.98. The highest BCUT2D eigenvalue weighted by Crippen LogP contribution is 2.26. The Balaban J connectivity index is 1.34. The minimum Gasteiger partial charge on any atom is -0.455 e. The van der Waals surface area contributed by atoms with Gasteiger partial charge in [0.05, 0.1) is 16.7 Å². The monoisotopic (exact) mass is 413 g/mol. The Morgan fingerprint density at radius 3 is 2.90 bits per heavy atom. The van der Waals surface area contributed by atoms with Gasteiger partial charge in [-0.05, 0) is 24.6 Å². The normalized spacial score (nSPS) is 11.5. The number of non-ortho nitro benzene ring substituents is 1. The van der Waals surface area contributed by atoms with Crippen LogP contribution in [0.25, 0.3) is 33.4 Å². The Bertz CT molecular complexity index is 1470. The predicted octanol–water partition coefficient (Wildman–Crippen LogP) is 4.43. The lowest BCUT2D eigenvalue weighted by Gasteiger charge is -1.97. The van der Waals surface area contributed by atoms with Gasteiger partial charge in [-0.25, -0.2) is 5.43 Å². The van der Waals surface area contributed by atoms with Crippen LogP contribution in [0.3, 0.4) is 0 Å². The second-order valence-corrected chi connectivity index (χ2v) is 6.83. The van der Waals surface area contributed by atoms with Gasteiger partial charge in [0, 0.05) is 23.1 Å². The molecule has 2 aromatic carbocycles. The van der Waals surface area contributed by atoms with E-state index >= 15 is 0 Å². The fraction of sp³-hybridized carbons (Fsp3) is 0.0476. The molecule has 0 unspecified atom stereocenters. The highest BCUT2D eigenvalue weighted by molar-refractivity contribution is 6.04. The molecule has 0 fully saturated rings. The number of nitrogens with zero attached hydrogens (tertiary/aromatic N) is 5. The summed E-state index contributed by atoms with van der Waals surface area (Å²) in [5, 5.41) is 24.3. The summed E-state index contributed by atoms with van der Waals surface area (Å²) in [6.07, 6.45) is 1.46. The number of para-hydroxylation sites is 1. The van der Waals surface area contributed by atoms with Crippen molar-refractivity contribution in [3.63, 3.8) is 0 Å². The first-order valence-electron chi connectivity index (χ1n) is 9.34. The van der Waals surface area contributed by atoms with Crippen LogP contribution in [0, 0.1) is 17.0 Å². The van der Waals surface area contributed by atoms with E-state index in [-0.39, 0.29) is 11.6 Å². The first-order valence-corrected chi connectivity index (χ1v) is 9.34. The quantitative estimate of drug-likeness (QED) is 0.247. The number of aryl methyl sites for hydroxylation is 1. The lowest BCUT2D eigenvalue weighted by molar-refractivity contribution is -0.384. The first-order chi connectivity index (χ1) is 15.1. The van der Waals surface area contributed by atoms with Gasteiger partial charge in [-0.3, -0.25) is 10.1 Å². The standard InChI is InChI=1S/C21H15N7O3/c1-12-4-2-7-16-18(12)23-20-19(16)25-27-21(24-20)26-22-11-15-8-9-17(31-15)13-5-3-6-14(10-13)28(29)30/h2-11H,1H3,(H2,23,24,26,27). The molecule has 10 heteroatoms. The minimum atomic E-state index is -0.446. The Labute approximate surface area is 174 Å². The number of H-pyrrole nitrogens is 1. The van der Waals surface area contributed by atoms with Gasteiger partial charge in [0.15, 0.2) is 5.65 Å². The Morgan fingerprint density at radius 2 is 2.03 bits per heavy atom. The highest BCUT2D eigenvalue weighted by Gasteiger charge is 2.11. The number of nitrogens with one attached hydrogen (secondary N) is 2. The van der Waals surface area contributed by atoms with Crippen LogP contribution in [0.4, 0.5) is 11.6 Å². The summed E-state index contributed by atoms with van der Waals surface area (Å²) in [6, 6.07) is 15.6. The molecule has 31 heavy (non-hydrogen) atoms. The molecule has 3 heterocycles. The van der Waals surface area contributed by atoms with Gasteiger partial charge in [-0.15, -0.1) is 10.2 Å². The molecule has 0 spiro atoms. The zero-order valence-corrected chi connectivity index (χ0v) is 16.2. The van der Waals surface area contributed by atoms with Crippen LogP contribution in [0.15, 0.2) is 64.1 Å². The summed E-state index contributed by atoms with van der Waals surface area (Å²) < 4.78 is 5.69.